The highest BCUT2D eigenvalue weighted by molar-refractivity contribution is 7.22. The van der Waals surface area contributed by atoms with Crippen molar-refractivity contribution < 1.29 is 9.53 Å². The molecule has 1 aromatic heterocycles. The second kappa shape index (κ2) is 8.24. The normalized spacial score (nSPS) is 19.4. The largest absolute Gasteiger partial charge is 0.493 e. The van der Waals surface area contributed by atoms with Crippen LogP contribution < -0.4 is 15.0 Å². The number of nitrogens with zero attached hydrogens (tertiary/aromatic N) is 3. The van der Waals surface area contributed by atoms with E-state index in [2.05, 4.69) is 22.0 Å². The van der Waals surface area contributed by atoms with E-state index < -0.39 is 0 Å². The molecule has 0 radical (unpaired) electrons. The number of amides is 1. The Morgan fingerprint density at radius 2 is 2.03 bits per heavy atom. The van der Waals surface area contributed by atoms with E-state index in [-0.39, 0.29) is 11.9 Å². The molecule has 7 heteroatoms. The van der Waals surface area contributed by atoms with Crippen LogP contribution in [-0.2, 0) is 0 Å². The van der Waals surface area contributed by atoms with Gasteiger partial charge in [0.2, 0.25) is 0 Å². The van der Waals surface area contributed by atoms with Crippen molar-refractivity contribution in [3.05, 3.63) is 53.6 Å². The van der Waals surface area contributed by atoms with Gasteiger partial charge in [-0.1, -0.05) is 36.5 Å². The van der Waals surface area contributed by atoms with Crippen LogP contribution in [0.15, 0.2) is 42.5 Å². The maximum absolute atomic E-state index is 13.0. The van der Waals surface area contributed by atoms with Gasteiger partial charge in [0, 0.05) is 43.7 Å². The number of nitrogens with one attached hydrogen (secondary N) is 1. The number of hydrogen-bond donors (Lipinski definition) is 1. The zero-order valence-corrected chi connectivity index (χ0v) is 18.0. The first-order valence-corrected chi connectivity index (χ1v) is 11.4. The molecule has 156 valence electrons. The monoisotopic (exact) mass is 422 g/mol. The number of aromatic nitrogens is 1. The number of carbonyl (C=O) groups is 1. The van der Waals surface area contributed by atoms with Crippen LogP contribution in [0.1, 0.15) is 35.3 Å². The van der Waals surface area contributed by atoms with E-state index in [1.54, 1.807) is 11.3 Å². The van der Waals surface area contributed by atoms with Gasteiger partial charge in [-0.3, -0.25) is 4.79 Å². The van der Waals surface area contributed by atoms with Crippen LogP contribution in [-0.4, -0.2) is 55.1 Å². The molecule has 1 unspecified atom stereocenters. The molecule has 3 aromatic rings. The number of ether oxygens (including phenoxy) is 1. The summed E-state index contributed by atoms with van der Waals surface area (Å²) < 4.78 is 6.77. The van der Waals surface area contributed by atoms with Crippen LogP contribution in [0.4, 0.5) is 5.13 Å². The molecule has 6 nitrogen and oxygen atoms in total. The van der Waals surface area contributed by atoms with Crippen molar-refractivity contribution in [2.75, 3.05) is 44.2 Å². The summed E-state index contributed by atoms with van der Waals surface area (Å²) in [6, 6.07) is 13.7. The summed E-state index contributed by atoms with van der Waals surface area (Å²) in [7, 11) is 0. The van der Waals surface area contributed by atoms with Crippen LogP contribution in [0.2, 0.25) is 0 Å². The summed E-state index contributed by atoms with van der Waals surface area (Å²) in [5.74, 6) is 0.810. The first-order chi connectivity index (χ1) is 14.7. The number of anilines is 1. The zero-order chi connectivity index (χ0) is 20.5. The van der Waals surface area contributed by atoms with Crippen LogP contribution in [0.3, 0.4) is 0 Å². The van der Waals surface area contributed by atoms with Gasteiger partial charge >= 0.3 is 0 Å². The van der Waals surface area contributed by atoms with E-state index in [1.807, 2.05) is 42.5 Å². The van der Waals surface area contributed by atoms with Crippen LogP contribution in [0, 0.1) is 0 Å². The Kier molecular flexibility index (Phi) is 5.31. The molecule has 0 bridgehead atoms. The Morgan fingerprint density at radius 1 is 1.20 bits per heavy atom. The Morgan fingerprint density at radius 3 is 2.87 bits per heavy atom. The van der Waals surface area contributed by atoms with Crippen molar-refractivity contribution in [2.45, 2.75) is 19.4 Å². The van der Waals surface area contributed by atoms with Gasteiger partial charge in [-0.15, -0.1) is 0 Å². The number of carbonyl (C=O) groups excluding carboxylic acids is 1. The summed E-state index contributed by atoms with van der Waals surface area (Å²) in [6.07, 6.45) is 0.777. The van der Waals surface area contributed by atoms with E-state index in [1.165, 1.54) is 0 Å². The molecule has 1 fully saturated rings. The summed E-state index contributed by atoms with van der Waals surface area (Å²) in [5.41, 5.74) is 2.68. The van der Waals surface area contributed by atoms with E-state index in [0.29, 0.717) is 12.2 Å². The molecular weight excluding hydrogens is 396 g/mol. The summed E-state index contributed by atoms with van der Waals surface area (Å²) in [6.45, 7) is 8.08. The molecule has 1 saturated heterocycles. The number of piperazine rings is 1. The fourth-order valence-electron chi connectivity index (χ4n) is 4.18. The molecule has 2 aromatic carbocycles. The van der Waals surface area contributed by atoms with Gasteiger partial charge in [0.15, 0.2) is 5.13 Å². The molecule has 30 heavy (non-hydrogen) atoms. The Labute approximate surface area is 180 Å². The molecule has 3 heterocycles. The van der Waals surface area contributed by atoms with E-state index >= 15 is 0 Å². The molecule has 2 aliphatic heterocycles. The zero-order valence-electron chi connectivity index (χ0n) is 17.1. The average molecular weight is 423 g/mol. The molecule has 2 aliphatic rings. The Bertz CT molecular complexity index is 1060. The summed E-state index contributed by atoms with van der Waals surface area (Å²) in [4.78, 5) is 22.6. The predicted octanol–water partition coefficient (Wildman–Crippen LogP) is 3.69. The minimum Gasteiger partial charge on any atom is -0.493 e. The standard InChI is InChI=1S/C23H26N4O2S/c1-2-26-10-12-27(13-11-26)23-25-19-8-7-16(15-21(19)30-23)22(28)24-18-9-14-29-20-6-4-3-5-17(18)20/h3-8,15,18H,2,9-14H2,1H3,(H,24,28). The lowest BCUT2D eigenvalue weighted by Crippen LogP contribution is -2.46. The summed E-state index contributed by atoms with van der Waals surface area (Å²) in [5, 5.41) is 4.24. The molecule has 1 atom stereocenters. The van der Waals surface area contributed by atoms with Crippen molar-refractivity contribution in [3.8, 4) is 5.75 Å². The molecular formula is C23H26N4O2S. The van der Waals surface area contributed by atoms with Crippen molar-refractivity contribution in [3.63, 3.8) is 0 Å². The van der Waals surface area contributed by atoms with Gasteiger partial charge in [0.05, 0.1) is 22.9 Å². The van der Waals surface area contributed by atoms with Crippen molar-refractivity contribution >= 4 is 32.6 Å². The Balaban J connectivity index is 1.32. The SMILES string of the molecule is CCN1CCN(c2nc3ccc(C(=O)NC4CCOc5ccccc54)cc3s2)CC1. The number of benzene rings is 2. The lowest BCUT2D eigenvalue weighted by atomic mass is 10.00. The number of likely N-dealkylation sites (N-methyl/N-ethyl adjacent to an activating group) is 1. The second-order valence-corrected chi connectivity index (χ2v) is 8.81. The van der Waals surface area contributed by atoms with Crippen LogP contribution in [0.5, 0.6) is 5.75 Å². The number of fused-ring (bicyclic) bond motifs is 2. The number of para-hydroxylation sites is 1. The van der Waals surface area contributed by atoms with E-state index in [9.17, 15) is 4.79 Å². The Hall–Kier alpha value is -2.64. The van der Waals surface area contributed by atoms with Gasteiger partial charge in [-0.25, -0.2) is 4.98 Å². The highest BCUT2D eigenvalue weighted by Crippen LogP contribution is 2.33. The quantitative estimate of drug-likeness (QED) is 0.695. The molecule has 0 aliphatic carbocycles. The minimum atomic E-state index is -0.0508. The molecule has 0 spiro atoms. The lowest BCUT2D eigenvalue weighted by molar-refractivity contribution is 0.0925. The highest BCUT2D eigenvalue weighted by Gasteiger charge is 2.24. The number of rotatable bonds is 4. The molecule has 1 amide bonds. The van der Waals surface area contributed by atoms with Gasteiger partial charge in [-0.2, -0.15) is 0 Å². The fraction of sp³-hybridized carbons (Fsp3) is 0.391. The van der Waals surface area contributed by atoms with Crippen LogP contribution >= 0.6 is 11.3 Å². The maximum atomic E-state index is 13.0. The number of hydrogen-bond acceptors (Lipinski definition) is 6. The third-order valence-corrected chi connectivity index (χ3v) is 7.07. The van der Waals surface area contributed by atoms with E-state index in [4.69, 9.17) is 9.72 Å². The average Bonchev–Trinajstić information content (AvgIpc) is 3.23. The first kappa shape index (κ1) is 19.3. The predicted molar refractivity (Wildman–Crippen MR) is 121 cm³/mol. The van der Waals surface area contributed by atoms with Gasteiger partial charge in [0.1, 0.15) is 5.75 Å². The third kappa shape index (κ3) is 3.75. The van der Waals surface area contributed by atoms with Gasteiger partial charge in [-0.05, 0) is 30.8 Å². The van der Waals surface area contributed by atoms with Gasteiger partial charge in [0.25, 0.3) is 5.91 Å². The maximum Gasteiger partial charge on any atom is 0.251 e. The topological polar surface area (TPSA) is 57.7 Å². The van der Waals surface area contributed by atoms with Crippen molar-refractivity contribution in [1.82, 2.24) is 15.2 Å². The molecule has 1 N–H and O–H groups in total. The highest BCUT2D eigenvalue weighted by atomic mass is 32.1. The number of thiazole rings is 1. The third-order valence-electron chi connectivity index (χ3n) is 5.99. The van der Waals surface area contributed by atoms with E-state index in [0.717, 1.165) is 65.8 Å². The van der Waals surface area contributed by atoms with Crippen LogP contribution in [0.25, 0.3) is 10.2 Å². The smallest absolute Gasteiger partial charge is 0.251 e. The summed E-state index contributed by atoms with van der Waals surface area (Å²) >= 11 is 1.68. The first-order valence-electron chi connectivity index (χ1n) is 10.6. The lowest BCUT2D eigenvalue weighted by Gasteiger charge is -2.33. The van der Waals surface area contributed by atoms with Gasteiger partial charge < -0.3 is 19.9 Å². The molecule has 5 rings (SSSR count). The van der Waals surface area contributed by atoms with Crippen molar-refractivity contribution in [1.29, 1.82) is 0 Å². The fourth-order valence-corrected chi connectivity index (χ4v) is 5.23. The minimum absolute atomic E-state index is 0.0231. The van der Waals surface area contributed by atoms with Crippen molar-refractivity contribution in [2.24, 2.45) is 0 Å². The second-order valence-electron chi connectivity index (χ2n) is 7.80. The molecule has 0 saturated carbocycles.